The number of diazo groups is 2. The van der Waals surface area contributed by atoms with E-state index in [4.69, 9.17) is 59.0 Å². The van der Waals surface area contributed by atoms with Gasteiger partial charge in [-0.2, -0.15) is 0 Å². The molecule has 0 spiro atoms. The summed E-state index contributed by atoms with van der Waals surface area (Å²) in [6.45, 7) is 0. The Kier molecular flexibility index (Phi) is 12.6. The summed E-state index contributed by atoms with van der Waals surface area (Å²) >= 11 is 0. The number of methoxy groups -OCH3 is 2. The number of nitro groups is 2. The molecule has 0 N–H and O–H groups in total. The van der Waals surface area contributed by atoms with Crippen molar-refractivity contribution >= 4 is 61.5 Å². The van der Waals surface area contributed by atoms with Gasteiger partial charge in [0.15, 0.2) is 9.95 Å². The molecule has 0 heterocycles. The van der Waals surface area contributed by atoms with E-state index >= 15 is 0 Å². The van der Waals surface area contributed by atoms with Gasteiger partial charge in [-0.15, -0.1) is 0 Å². The summed E-state index contributed by atoms with van der Waals surface area (Å²) < 4.78 is 9.55. The molecule has 0 atom stereocenters. The first kappa shape index (κ1) is 28.5. The monoisotopic (exact) mass is 564 g/mol. The van der Waals surface area contributed by atoms with Crippen LogP contribution in [0.15, 0.2) is 36.4 Å². The molecule has 0 unspecified atom stereocenters. The summed E-state index contributed by atoms with van der Waals surface area (Å²) in [5.41, 5.74) is -0.764. The summed E-state index contributed by atoms with van der Waals surface area (Å²) in [4.78, 5) is 25.1. The average Bonchev–Trinajstić information content (AvgIpc) is 2.71. The van der Waals surface area contributed by atoms with Crippen LogP contribution in [0.2, 0.25) is 0 Å². The standard InChI is InChI=1S/2C7H6N3O3.4ClH.Zn/c2*1-13-5-2-3-6(9-8)7(4-5)10(11)12;;;;;/h2*2-4H,1H3;4*1H;/q2*+1;;;;;+2/p-4. The van der Waals surface area contributed by atoms with Crippen LogP contribution in [0.5, 0.6) is 11.5 Å². The van der Waals surface area contributed by atoms with Crippen LogP contribution >= 0.6 is 38.8 Å². The van der Waals surface area contributed by atoms with Crippen LogP contribution in [0.25, 0.3) is 9.95 Å². The first-order valence-electron chi connectivity index (χ1n) is 7.79. The number of hydrogen-bond acceptors (Lipinski definition) is 8. The van der Waals surface area contributed by atoms with E-state index in [0.29, 0.717) is 11.5 Å². The van der Waals surface area contributed by atoms with Gasteiger partial charge in [-0.1, -0.05) is 0 Å². The Morgan fingerprint density at radius 3 is 1.29 bits per heavy atom. The second-order valence-corrected chi connectivity index (χ2v) is 32.8. The molecule has 0 radical (unpaired) electrons. The molecular weight excluding hydrogens is 555 g/mol. The first-order valence-corrected chi connectivity index (χ1v) is 23.4. The summed E-state index contributed by atoms with van der Waals surface area (Å²) in [5.74, 6) is 0.693. The van der Waals surface area contributed by atoms with Crippen molar-refractivity contribution < 1.29 is 30.1 Å². The molecule has 17 heteroatoms. The minimum atomic E-state index is -3.36. The SMILES string of the molecule is COc1ccc([N+]#N)c([N+](=O)[O-])c1.COc1ccc([N+]#N)c([N+](=O)[O-])c1.[Cl][Zn-2]([Cl])([Cl])[Cl]. The van der Waals surface area contributed by atoms with Crippen molar-refractivity contribution in [3.05, 3.63) is 66.6 Å². The molecule has 0 saturated carbocycles. The molecule has 12 nitrogen and oxygen atoms in total. The van der Waals surface area contributed by atoms with Gasteiger partial charge in [-0.3, -0.25) is 20.2 Å². The molecule has 2 rings (SSSR count). The van der Waals surface area contributed by atoms with E-state index in [1.807, 2.05) is 0 Å². The van der Waals surface area contributed by atoms with Gasteiger partial charge in [0.2, 0.25) is 10.8 Å². The quantitative estimate of drug-likeness (QED) is 0.166. The van der Waals surface area contributed by atoms with E-state index in [2.05, 4.69) is 9.95 Å². The van der Waals surface area contributed by atoms with E-state index in [9.17, 15) is 20.2 Å². The predicted molar refractivity (Wildman–Crippen MR) is 112 cm³/mol. The van der Waals surface area contributed by atoms with Crippen molar-refractivity contribution in [2.75, 3.05) is 14.2 Å². The van der Waals surface area contributed by atoms with Crippen LogP contribution < -0.4 is 9.47 Å². The zero-order chi connectivity index (χ0) is 24.2. The Balaban J connectivity index is 0.000000479. The van der Waals surface area contributed by atoms with E-state index in [-0.39, 0.29) is 22.7 Å². The van der Waals surface area contributed by atoms with Crippen molar-refractivity contribution in [2.45, 2.75) is 0 Å². The van der Waals surface area contributed by atoms with Gasteiger partial charge < -0.3 is 9.47 Å². The van der Waals surface area contributed by atoms with E-state index < -0.39 is 20.7 Å². The summed E-state index contributed by atoms with van der Waals surface area (Å²) in [7, 11) is 19.6. The van der Waals surface area contributed by atoms with Gasteiger partial charge in [-0.05, 0) is 12.1 Å². The molecule has 0 amide bonds. The second-order valence-electron chi connectivity index (χ2n) is 5.03. The molecule has 2 aromatic carbocycles. The number of ether oxygens (including phenoxy) is 2. The molecule has 0 fully saturated rings. The normalized spacial score (nSPS) is 9.42. The molecule has 0 saturated heterocycles. The van der Waals surface area contributed by atoms with E-state index in [1.54, 1.807) is 0 Å². The van der Waals surface area contributed by atoms with Crippen molar-refractivity contribution in [3.63, 3.8) is 0 Å². The molecule has 0 aliphatic carbocycles. The second kappa shape index (κ2) is 13.7. The molecule has 31 heavy (non-hydrogen) atoms. The van der Waals surface area contributed by atoms with Crippen LogP contribution in [0.4, 0.5) is 22.7 Å². The fourth-order valence-electron chi connectivity index (χ4n) is 1.72. The zero-order valence-corrected chi connectivity index (χ0v) is 21.8. The molecule has 164 valence electrons. The fraction of sp³-hybridized carbons (Fsp3) is 0.143. The van der Waals surface area contributed by atoms with Crippen LogP contribution in [-0.4, -0.2) is 24.1 Å². The van der Waals surface area contributed by atoms with Gasteiger partial charge in [-0.25, -0.2) is 0 Å². The maximum absolute atomic E-state index is 10.4. The Bertz CT molecular complexity index is 942. The summed E-state index contributed by atoms with van der Waals surface area (Å²) in [5, 5.41) is 37.7. The molecule has 0 bridgehead atoms. The molecular formula is C14H12Cl4N6O6Zn. The van der Waals surface area contributed by atoms with Gasteiger partial charge in [0, 0.05) is 12.1 Å². The third-order valence-electron chi connectivity index (χ3n) is 2.97. The Morgan fingerprint density at radius 1 is 0.806 bits per heavy atom. The van der Waals surface area contributed by atoms with Crippen molar-refractivity contribution in [2.24, 2.45) is 0 Å². The van der Waals surface area contributed by atoms with Crippen LogP contribution in [-0.2, 0) is 10.8 Å². The number of hydrogen-bond donors (Lipinski definition) is 0. The molecule has 0 aromatic heterocycles. The van der Waals surface area contributed by atoms with Crippen LogP contribution in [0.3, 0.4) is 0 Å². The van der Waals surface area contributed by atoms with Gasteiger partial charge in [0.25, 0.3) is 0 Å². The maximum atomic E-state index is 10.4. The van der Waals surface area contributed by atoms with Crippen LogP contribution in [0.1, 0.15) is 0 Å². The van der Waals surface area contributed by atoms with Crippen LogP contribution in [0, 0.1) is 31.0 Å². The minimum absolute atomic E-state index is 0.0919. The van der Waals surface area contributed by atoms with E-state index in [1.165, 1.54) is 50.6 Å². The molecule has 2 aromatic rings. The number of benzene rings is 2. The summed E-state index contributed by atoms with van der Waals surface area (Å²) in [6, 6.07) is 7.93. The van der Waals surface area contributed by atoms with Crippen molar-refractivity contribution in [1.82, 2.24) is 0 Å². The fourth-order valence-corrected chi connectivity index (χ4v) is 1.72. The Labute approximate surface area is 194 Å². The van der Waals surface area contributed by atoms with E-state index in [0.717, 1.165) is 0 Å². The molecule has 0 aliphatic heterocycles. The topological polar surface area (TPSA) is 161 Å². The molecule has 0 aliphatic rings. The third-order valence-corrected chi connectivity index (χ3v) is 2.97. The number of nitrogens with zero attached hydrogens (tertiary/aromatic N) is 6. The first-order chi connectivity index (χ1) is 14.4. The third kappa shape index (κ3) is 11.4. The van der Waals surface area contributed by atoms with Gasteiger partial charge in [0.1, 0.15) is 11.5 Å². The van der Waals surface area contributed by atoms with Crippen molar-refractivity contribution in [1.29, 1.82) is 10.8 Å². The summed E-state index contributed by atoms with van der Waals surface area (Å²) in [6.07, 6.45) is 0. The Morgan fingerprint density at radius 2 is 1.10 bits per heavy atom. The van der Waals surface area contributed by atoms with Gasteiger partial charge in [0.05, 0.1) is 36.2 Å². The zero-order valence-electron chi connectivity index (χ0n) is 15.8. The number of rotatable bonds is 4. The van der Waals surface area contributed by atoms with Crippen molar-refractivity contribution in [3.8, 4) is 11.5 Å². The average molecular weight is 567 g/mol. The van der Waals surface area contributed by atoms with Gasteiger partial charge >= 0.3 is 72.3 Å². The number of halogens is 4. The Hall–Kier alpha value is -2.54. The number of nitro benzene ring substituents is 2. The predicted octanol–water partition coefficient (Wildman–Crippen LogP) is 6.93.